The number of fused-ring (bicyclic) bond motifs is 1. The first-order chi connectivity index (χ1) is 7.59. The van der Waals surface area contributed by atoms with Gasteiger partial charge in [-0.3, -0.25) is 4.79 Å². The summed E-state index contributed by atoms with van der Waals surface area (Å²) in [6, 6.07) is 8.07. The third-order valence-corrected chi connectivity index (χ3v) is 2.94. The van der Waals surface area contributed by atoms with Crippen LogP contribution in [0.1, 0.15) is 24.8 Å². The molecule has 0 saturated heterocycles. The van der Waals surface area contributed by atoms with E-state index in [1.165, 1.54) is 0 Å². The molecule has 1 atom stereocenters. The Balaban J connectivity index is 2.48. The summed E-state index contributed by atoms with van der Waals surface area (Å²) in [6.45, 7) is 1.95. The number of aliphatic carboxylic acids is 1. The fourth-order valence-corrected chi connectivity index (χ4v) is 2.14. The lowest BCUT2D eigenvalue weighted by Crippen LogP contribution is -2.02. The average Bonchev–Trinajstić information content (AvgIpc) is 2.56. The van der Waals surface area contributed by atoms with Gasteiger partial charge in [0.25, 0.3) is 0 Å². The number of benzene rings is 1. The van der Waals surface area contributed by atoms with Gasteiger partial charge in [0.2, 0.25) is 0 Å². The molecule has 0 fully saturated rings. The minimum Gasteiger partial charge on any atom is -0.481 e. The van der Waals surface area contributed by atoms with Crippen molar-refractivity contribution >= 4 is 16.9 Å². The van der Waals surface area contributed by atoms with Crippen molar-refractivity contribution < 1.29 is 9.90 Å². The highest BCUT2D eigenvalue weighted by Gasteiger charge is 2.15. The third kappa shape index (κ3) is 1.81. The number of para-hydroxylation sites is 1. The summed E-state index contributed by atoms with van der Waals surface area (Å²) in [5, 5.41) is 9.97. The molecule has 1 heterocycles. The van der Waals surface area contributed by atoms with Gasteiger partial charge in [-0.25, -0.2) is 0 Å². The molecule has 84 valence electrons. The van der Waals surface area contributed by atoms with Crippen molar-refractivity contribution in [2.45, 2.75) is 19.3 Å². The van der Waals surface area contributed by atoms with Crippen molar-refractivity contribution in [3.63, 3.8) is 0 Å². The van der Waals surface area contributed by atoms with Gasteiger partial charge in [0.1, 0.15) is 0 Å². The highest BCUT2D eigenvalue weighted by Crippen LogP contribution is 2.28. The number of carbonyl (C=O) groups is 1. The lowest BCUT2D eigenvalue weighted by Gasteiger charge is -2.06. The van der Waals surface area contributed by atoms with E-state index < -0.39 is 5.97 Å². The van der Waals surface area contributed by atoms with Crippen LogP contribution in [0.5, 0.6) is 0 Å². The van der Waals surface area contributed by atoms with Gasteiger partial charge in [-0.2, -0.15) is 0 Å². The van der Waals surface area contributed by atoms with Crippen molar-refractivity contribution in [1.29, 1.82) is 0 Å². The van der Waals surface area contributed by atoms with Gasteiger partial charge in [-0.05, 0) is 17.5 Å². The molecule has 0 amide bonds. The molecule has 2 rings (SSSR count). The van der Waals surface area contributed by atoms with Crippen LogP contribution in [-0.4, -0.2) is 15.6 Å². The normalized spacial score (nSPS) is 12.9. The Morgan fingerprint density at radius 3 is 2.81 bits per heavy atom. The largest absolute Gasteiger partial charge is 0.481 e. The van der Waals surface area contributed by atoms with Gasteiger partial charge >= 0.3 is 5.97 Å². The minimum absolute atomic E-state index is 0.0450. The molecule has 0 bridgehead atoms. The summed E-state index contributed by atoms with van der Waals surface area (Å²) in [5.74, 6) is -0.705. The molecular formula is C13H15NO2. The summed E-state index contributed by atoms with van der Waals surface area (Å²) in [7, 11) is 1.99. The average molecular weight is 217 g/mol. The summed E-state index contributed by atoms with van der Waals surface area (Å²) < 4.78 is 2.04. The van der Waals surface area contributed by atoms with Crippen molar-refractivity contribution in [2.75, 3.05) is 0 Å². The number of nitrogens with zero attached hydrogens (tertiary/aromatic N) is 1. The molecule has 0 unspecified atom stereocenters. The first-order valence-electron chi connectivity index (χ1n) is 5.35. The summed E-state index contributed by atoms with van der Waals surface area (Å²) in [6.07, 6.45) is 2.20. The Kier molecular flexibility index (Phi) is 2.69. The van der Waals surface area contributed by atoms with Crippen LogP contribution in [0.4, 0.5) is 0 Å². The highest BCUT2D eigenvalue weighted by atomic mass is 16.4. The Bertz CT molecular complexity index is 528. The van der Waals surface area contributed by atoms with Gasteiger partial charge in [0.15, 0.2) is 0 Å². The number of aryl methyl sites for hydroxylation is 1. The van der Waals surface area contributed by atoms with E-state index in [9.17, 15) is 4.79 Å². The first-order valence-corrected chi connectivity index (χ1v) is 5.35. The second kappa shape index (κ2) is 4.00. The van der Waals surface area contributed by atoms with Crippen LogP contribution in [0, 0.1) is 0 Å². The van der Waals surface area contributed by atoms with Crippen LogP contribution >= 0.6 is 0 Å². The Morgan fingerprint density at radius 1 is 1.44 bits per heavy atom. The van der Waals surface area contributed by atoms with E-state index in [2.05, 4.69) is 0 Å². The smallest absolute Gasteiger partial charge is 0.303 e. The molecule has 2 aromatic rings. The van der Waals surface area contributed by atoms with Crippen LogP contribution in [0.2, 0.25) is 0 Å². The van der Waals surface area contributed by atoms with E-state index in [-0.39, 0.29) is 12.3 Å². The van der Waals surface area contributed by atoms with Crippen molar-refractivity contribution in [3.8, 4) is 0 Å². The molecule has 16 heavy (non-hydrogen) atoms. The van der Waals surface area contributed by atoms with E-state index in [1.54, 1.807) is 0 Å². The second-order valence-corrected chi connectivity index (χ2v) is 4.21. The predicted molar refractivity (Wildman–Crippen MR) is 63.6 cm³/mol. The van der Waals surface area contributed by atoms with E-state index in [1.807, 2.05) is 49.0 Å². The van der Waals surface area contributed by atoms with Gasteiger partial charge in [0, 0.05) is 24.1 Å². The predicted octanol–water partition coefficient (Wildman–Crippen LogP) is 2.76. The number of aromatic nitrogens is 1. The van der Waals surface area contributed by atoms with Crippen LogP contribution < -0.4 is 0 Å². The fraction of sp³-hybridized carbons (Fsp3) is 0.308. The standard InChI is InChI=1S/C13H15NO2/c1-9(7-13(15)16)11-8-14(2)12-6-4-3-5-10(11)12/h3-6,8-9H,7H2,1-2H3,(H,15,16)/t9-/m0/s1. The SMILES string of the molecule is C[C@@H](CC(=O)O)c1cn(C)c2ccccc12. The molecule has 1 N–H and O–H groups in total. The lowest BCUT2D eigenvalue weighted by molar-refractivity contribution is -0.137. The molecule has 3 heteroatoms. The van der Waals surface area contributed by atoms with Gasteiger partial charge in [0.05, 0.1) is 6.42 Å². The topological polar surface area (TPSA) is 42.2 Å². The fourth-order valence-electron chi connectivity index (χ4n) is 2.14. The number of hydrogen-bond acceptors (Lipinski definition) is 1. The summed E-state index contributed by atoms with van der Waals surface area (Å²) in [4.78, 5) is 10.7. The monoisotopic (exact) mass is 217 g/mol. The third-order valence-electron chi connectivity index (χ3n) is 2.94. The number of hydrogen-bond donors (Lipinski definition) is 1. The lowest BCUT2D eigenvalue weighted by atomic mass is 9.97. The summed E-state index contributed by atoms with van der Waals surface area (Å²) >= 11 is 0. The van der Waals surface area contributed by atoms with Gasteiger partial charge < -0.3 is 9.67 Å². The Morgan fingerprint density at radius 2 is 2.12 bits per heavy atom. The Hall–Kier alpha value is -1.77. The zero-order valence-corrected chi connectivity index (χ0v) is 9.47. The van der Waals surface area contributed by atoms with E-state index >= 15 is 0 Å². The molecule has 0 aliphatic carbocycles. The number of carboxylic acids is 1. The van der Waals surface area contributed by atoms with Crippen molar-refractivity contribution in [3.05, 3.63) is 36.0 Å². The number of rotatable bonds is 3. The molecular weight excluding hydrogens is 202 g/mol. The molecule has 0 radical (unpaired) electrons. The molecule has 0 spiro atoms. The quantitative estimate of drug-likeness (QED) is 0.859. The van der Waals surface area contributed by atoms with Gasteiger partial charge in [-0.15, -0.1) is 0 Å². The van der Waals surface area contributed by atoms with Crippen LogP contribution in [0.3, 0.4) is 0 Å². The maximum atomic E-state index is 10.7. The van der Waals surface area contributed by atoms with E-state index in [0.29, 0.717) is 0 Å². The zero-order valence-electron chi connectivity index (χ0n) is 9.47. The van der Waals surface area contributed by atoms with E-state index in [4.69, 9.17) is 5.11 Å². The molecule has 1 aromatic carbocycles. The molecule has 1 aromatic heterocycles. The maximum absolute atomic E-state index is 10.7. The highest BCUT2D eigenvalue weighted by molar-refractivity contribution is 5.85. The molecule has 0 aliphatic rings. The Labute approximate surface area is 94.3 Å². The van der Waals surface area contributed by atoms with Crippen LogP contribution in [0.25, 0.3) is 10.9 Å². The van der Waals surface area contributed by atoms with Crippen molar-refractivity contribution in [2.24, 2.45) is 7.05 Å². The minimum atomic E-state index is -0.750. The first kappa shape index (κ1) is 10.7. The summed E-state index contributed by atoms with van der Waals surface area (Å²) in [5.41, 5.74) is 2.26. The van der Waals surface area contributed by atoms with Crippen LogP contribution in [0.15, 0.2) is 30.5 Å². The van der Waals surface area contributed by atoms with E-state index in [0.717, 1.165) is 16.5 Å². The van der Waals surface area contributed by atoms with Gasteiger partial charge in [-0.1, -0.05) is 25.1 Å². The second-order valence-electron chi connectivity index (χ2n) is 4.21. The van der Waals surface area contributed by atoms with Crippen LogP contribution in [-0.2, 0) is 11.8 Å². The molecule has 3 nitrogen and oxygen atoms in total. The molecule has 0 saturated carbocycles. The van der Waals surface area contributed by atoms with Crippen molar-refractivity contribution in [1.82, 2.24) is 4.57 Å². The molecule has 0 aliphatic heterocycles. The maximum Gasteiger partial charge on any atom is 0.303 e. The number of carboxylic acid groups (broad SMARTS) is 1. The zero-order chi connectivity index (χ0) is 11.7.